The van der Waals surface area contributed by atoms with E-state index < -0.39 is 11.9 Å². The average Bonchev–Trinajstić information content (AvgIpc) is 2.22. The zero-order valence-electron chi connectivity index (χ0n) is 8.34. The van der Waals surface area contributed by atoms with Crippen LogP contribution >= 0.6 is 11.6 Å². The van der Waals surface area contributed by atoms with Gasteiger partial charge in [-0.3, -0.25) is 0 Å². The van der Waals surface area contributed by atoms with Crippen LogP contribution in [0.4, 0.5) is 4.39 Å². The highest BCUT2D eigenvalue weighted by atomic mass is 35.5. The molecule has 0 saturated heterocycles. The Hall–Kier alpha value is -0.680. The lowest BCUT2D eigenvalue weighted by Crippen LogP contribution is -2.15. The average molecular weight is 234 g/mol. The molecule has 0 aliphatic heterocycles. The molecule has 0 amide bonds. The van der Waals surface area contributed by atoms with Gasteiger partial charge in [-0.15, -0.1) is 0 Å². The van der Waals surface area contributed by atoms with E-state index in [9.17, 15) is 4.39 Å². The zero-order valence-corrected chi connectivity index (χ0v) is 9.09. The monoisotopic (exact) mass is 233 g/mol. The Labute approximate surface area is 92.6 Å². The first kappa shape index (κ1) is 12.4. The van der Waals surface area contributed by atoms with Gasteiger partial charge in [0.1, 0.15) is 5.82 Å². The summed E-state index contributed by atoms with van der Waals surface area (Å²) >= 11 is 5.86. The fourth-order valence-corrected chi connectivity index (χ4v) is 1.50. The van der Waals surface area contributed by atoms with Crippen molar-refractivity contribution in [3.63, 3.8) is 0 Å². The van der Waals surface area contributed by atoms with Crippen LogP contribution in [-0.4, -0.2) is 18.8 Å². The van der Waals surface area contributed by atoms with Crippen LogP contribution in [0.25, 0.3) is 0 Å². The SMILES string of the molecule is COCc1c(F)cc(C(N)CO)cc1Cl. The van der Waals surface area contributed by atoms with E-state index in [-0.39, 0.29) is 18.2 Å². The molecule has 84 valence electrons. The highest BCUT2D eigenvalue weighted by molar-refractivity contribution is 6.31. The molecular weight excluding hydrogens is 221 g/mol. The van der Waals surface area contributed by atoms with Crippen molar-refractivity contribution in [3.8, 4) is 0 Å². The van der Waals surface area contributed by atoms with Gasteiger partial charge in [-0.25, -0.2) is 4.39 Å². The first-order valence-corrected chi connectivity index (χ1v) is 4.81. The van der Waals surface area contributed by atoms with Crippen molar-refractivity contribution in [1.82, 2.24) is 0 Å². The van der Waals surface area contributed by atoms with Gasteiger partial charge in [0.05, 0.1) is 19.3 Å². The molecule has 0 saturated carbocycles. The van der Waals surface area contributed by atoms with Gasteiger partial charge in [-0.1, -0.05) is 11.6 Å². The van der Waals surface area contributed by atoms with Crippen LogP contribution in [0.3, 0.4) is 0 Å². The fraction of sp³-hybridized carbons (Fsp3) is 0.400. The third-order valence-electron chi connectivity index (χ3n) is 2.08. The number of hydrogen-bond acceptors (Lipinski definition) is 3. The number of hydrogen-bond donors (Lipinski definition) is 2. The number of nitrogens with two attached hydrogens (primary N) is 1. The maximum absolute atomic E-state index is 13.5. The Balaban J connectivity index is 3.07. The minimum atomic E-state index is -0.617. The Kier molecular flexibility index (Phi) is 4.47. The number of ether oxygens (including phenoxy) is 1. The summed E-state index contributed by atoms with van der Waals surface area (Å²) in [5.41, 5.74) is 6.32. The van der Waals surface area contributed by atoms with Crippen molar-refractivity contribution < 1.29 is 14.2 Å². The predicted molar refractivity (Wildman–Crippen MR) is 56.1 cm³/mol. The van der Waals surface area contributed by atoms with Crippen molar-refractivity contribution in [2.24, 2.45) is 5.73 Å². The lowest BCUT2D eigenvalue weighted by atomic mass is 10.1. The summed E-state index contributed by atoms with van der Waals surface area (Å²) in [4.78, 5) is 0. The second-order valence-corrected chi connectivity index (χ2v) is 3.59. The van der Waals surface area contributed by atoms with Crippen molar-refractivity contribution >= 4 is 11.6 Å². The normalized spacial score (nSPS) is 12.9. The molecule has 1 aromatic carbocycles. The molecule has 0 spiro atoms. The van der Waals surface area contributed by atoms with Crippen molar-refractivity contribution in [2.45, 2.75) is 12.6 Å². The third-order valence-corrected chi connectivity index (χ3v) is 2.41. The van der Waals surface area contributed by atoms with Crippen LogP contribution in [0.1, 0.15) is 17.2 Å². The number of methoxy groups -OCH3 is 1. The summed E-state index contributed by atoms with van der Waals surface area (Å²) < 4.78 is 18.3. The summed E-state index contributed by atoms with van der Waals surface area (Å²) in [6.07, 6.45) is 0. The topological polar surface area (TPSA) is 55.5 Å². The van der Waals surface area contributed by atoms with Crippen molar-refractivity contribution in [2.75, 3.05) is 13.7 Å². The predicted octanol–water partition coefficient (Wildman–Crippen LogP) is 1.62. The minimum Gasteiger partial charge on any atom is -0.394 e. The molecule has 0 bridgehead atoms. The minimum absolute atomic E-state index is 0.110. The Morgan fingerprint density at radius 2 is 2.27 bits per heavy atom. The van der Waals surface area contributed by atoms with E-state index >= 15 is 0 Å². The van der Waals surface area contributed by atoms with Crippen molar-refractivity contribution in [1.29, 1.82) is 0 Å². The lowest BCUT2D eigenvalue weighted by molar-refractivity contribution is 0.181. The van der Waals surface area contributed by atoms with Crippen LogP contribution in [-0.2, 0) is 11.3 Å². The van der Waals surface area contributed by atoms with E-state index in [0.717, 1.165) is 0 Å². The number of aliphatic hydroxyl groups excluding tert-OH is 1. The molecule has 1 aromatic rings. The molecule has 15 heavy (non-hydrogen) atoms. The molecule has 0 radical (unpaired) electrons. The van der Waals surface area contributed by atoms with Gasteiger partial charge in [0.15, 0.2) is 0 Å². The van der Waals surface area contributed by atoms with Gasteiger partial charge in [0.2, 0.25) is 0 Å². The van der Waals surface area contributed by atoms with Gasteiger partial charge in [0, 0.05) is 17.7 Å². The van der Waals surface area contributed by atoms with E-state index in [1.54, 1.807) is 6.07 Å². The lowest BCUT2D eigenvalue weighted by Gasteiger charge is -2.12. The van der Waals surface area contributed by atoms with Gasteiger partial charge in [-0.2, -0.15) is 0 Å². The van der Waals surface area contributed by atoms with E-state index in [1.807, 2.05) is 0 Å². The summed E-state index contributed by atoms with van der Waals surface area (Å²) in [5.74, 6) is -0.469. The standard InChI is InChI=1S/C10H13ClFNO2/c1-15-5-7-8(11)2-6(3-9(7)12)10(13)4-14/h2-3,10,14H,4-5,13H2,1H3. The van der Waals surface area contributed by atoms with E-state index in [4.69, 9.17) is 27.2 Å². The Morgan fingerprint density at radius 3 is 2.73 bits per heavy atom. The summed E-state index contributed by atoms with van der Waals surface area (Å²) in [6, 6.07) is 2.19. The van der Waals surface area contributed by atoms with Gasteiger partial charge in [0.25, 0.3) is 0 Å². The van der Waals surface area contributed by atoms with Crippen molar-refractivity contribution in [3.05, 3.63) is 34.1 Å². The van der Waals surface area contributed by atoms with E-state index in [1.165, 1.54) is 13.2 Å². The van der Waals surface area contributed by atoms with Crippen LogP contribution < -0.4 is 5.73 Å². The molecule has 3 nitrogen and oxygen atoms in total. The molecule has 0 fully saturated rings. The maximum atomic E-state index is 13.5. The number of halogens is 2. The number of aliphatic hydroxyl groups is 1. The van der Waals surface area contributed by atoms with Gasteiger partial charge < -0.3 is 15.6 Å². The Morgan fingerprint density at radius 1 is 1.60 bits per heavy atom. The van der Waals surface area contributed by atoms with Crippen LogP contribution in [0.2, 0.25) is 5.02 Å². The first-order chi connectivity index (χ1) is 7.10. The Bertz CT molecular complexity index is 323. The second-order valence-electron chi connectivity index (χ2n) is 3.19. The molecule has 0 aliphatic carbocycles. The molecule has 0 heterocycles. The summed E-state index contributed by atoms with van der Waals surface area (Å²) in [7, 11) is 1.46. The summed E-state index contributed by atoms with van der Waals surface area (Å²) in [6.45, 7) is -0.140. The van der Waals surface area contributed by atoms with E-state index in [0.29, 0.717) is 11.1 Å². The molecule has 3 N–H and O–H groups in total. The first-order valence-electron chi connectivity index (χ1n) is 4.43. The second kappa shape index (κ2) is 5.42. The highest BCUT2D eigenvalue weighted by Crippen LogP contribution is 2.24. The largest absolute Gasteiger partial charge is 0.394 e. The quantitative estimate of drug-likeness (QED) is 0.831. The van der Waals surface area contributed by atoms with Crippen LogP contribution in [0.5, 0.6) is 0 Å². The molecule has 0 aliphatic rings. The van der Waals surface area contributed by atoms with Crippen LogP contribution in [0, 0.1) is 5.82 Å². The smallest absolute Gasteiger partial charge is 0.130 e. The molecule has 0 aromatic heterocycles. The highest BCUT2D eigenvalue weighted by Gasteiger charge is 2.12. The summed E-state index contributed by atoms with van der Waals surface area (Å²) in [5, 5.41) is 9.09. The number of rotatable bonds is 4. The van der Waals surface area contributed by atoms with Crippen LogP contribution in [0.15, 0.2) is 12.1 Å². The van der Waals surface area contributed by atoms with Gasteiger partial charge >= 0.3 is 0 Å². The third kappa shape index (κ3) is 2.89. The number of benzene rings is 1. The fourth-order valence-electron chi connectivity index (χ4n) is 1.22. The van der Waals surface area contributed by atoms with Gasteiger partial charge in [-0.05, 0) is 17.7 Å². The molecular formula is C10H13ClFNO2. The molecule has 1 rings (SSSR count). The zero-order chi connectivity index (χ0) is 11.4. The molecule has 1 unspecified atom stereocenters. The molecule has 1 atom stereocenters. The maximum Gasteiger partial charge on any atom is 0.130 e. The molecule has 5 heteroatoms. The van der Waals surface area contributed by atoms with E-state index in [2.05, 4.69) is 0 Å².